The van der Waals surface area contributed by atoms with Crippen molar-refractivity contribution in [3.8, 4) is 44.5 Å². The molecule has 10 rings (SSSR count). The second-order valence-electron chi connectivity index (χ2n) is 15.3. The second-order valence-corrected chi connectivity index (χ2v) is 15.3. The van der Waals surface area contributed by atoms with E-state index in [4.69, 9.17) is 67.2 Å². The molecule has 1 nitrogen and oxygen atoms in total. The first kappa shape index (κ1) is 35.0. The zero-order valence-corrected chi connectivity index (χ0v) is 30.9. The number of furan rings is 1. The molecule has 1 aliphatic carbocycles. The van der Waals surface area contributed by atoms with Crippen LogP contribution >= 0.6 is 0 Å². The predicted octanol–water partition coefficient (Wildman–Crippen LogP) is 3.55. The fourth-order valence-electron chi connectivity index (χ4n) is 9.19. The molecule has 9 aromatic rings. The standard InChI is InChI=1S/C47H24B8O/c1-47(2)28-19-22(21-9-4-3-5-10-21)15-17-24(28)25-18-16-23(20-29(25)47)32-35-37(41(50)45(54)43(52)39(35)48)34(38-36(32)40(49)44(53)46(55)42(38)51)27-12-8-14-31-33(27)26-11-6-7-13-30(26)56-31/h3-20H,1-2H3. The van der Waals surface area contributed by atoms with Gasteiger partial charge in [0.25, 0.3) is 0 Å². The van der Waals surface area contributed by atoms with Crippen molar-refractivity contribution in [3.63, 3.8) is 0 Å². The van der Waals surface area contributed by atoms with Gasteiger partial charge in [0, 0.05) is 16.2 Å². The molecule has 56 heavy (non-hydrogen) atoms. The average molecular weight is 691 g/mol. The lowest BCUT2D eigenvalue weighted by atomic mass is 9.59. The van der Waals surface area contributed by atoms with Crippen molar-refractivity contribution in [3.05, 3.63) is 120 Å². The van der Waals surface area contributed by atoms with Crippen LogP contribution in [0.15, 0.2) is 114 Å². The maximum absolute atomic E-state index is 7.10. The molecular formula is C47H24B8O. The van der Waals surface area contributed by atoms with Gasteiger partial charge in [0.15, 0.2) is 0 Å². The molecule has 9 heteroatoms. The van der Waals surface area contributed by atoms with Crippen LogP contribution in [0.2, 0.25) is 0 Å². The van der Waals surface area contributed by atoms with Gasteiger partial charge in [-0.15, -0.1) is 21.9 Å². The van der Waals surface area contributed by atoms with E-state index in [0.29, 0.717) is 38.3 Å². The van der Waals surface area contributed by atoms with Gasteiger partial charge < -0.3 is 4.42 Å². The first-order chi connectivity index (χ1) is 26.9. The van der Waals surface area contributed by atoms with Gasteiger partial charge in [0.1, 0.15) is 73.9 Å². The number of para-hydroxylation sites is 1. The summed E-state index contributed by atoms with van der Waals surface area (Å²) in [6, 6.07) is 37.3. The van der Waals surface area contributed by atoms with Gasteiger partial charge in [-0.25, -0.2) is 0 Å². The summed E-state index contributed by atoms with van der Waals surface area (Å²) in [6.07, 6.45) is 0. The van der Waals surface area contributed by atoms with Crippen LogP contribution in [-0.4, -0.2) is 62.8 Å². The summed E-state index contributed by atoms with van der Waals surface area (Å²) in [6.45, 7) is 4.50. The van der Waals surface area contributed by atoms with Crippen molar-refractivity contribution in [1.82, 2.24) is 0 Å². The monoisotopic (exact) mass is 692 g/mol. The Labute approximate surface area is 336 Å². The fourth-order valence-corrected chi connectivity index (χ4v) is 9.19. The molecule has 0 unspecified atom stereocenters. The van der Waals surface area contributed by atoms with Gasteiger partial charge in [0.05, 0.1) is 0 Å². The minimum Gasteiger partial charge on any atom is -0.456 e. The van der Waals surface area contributed by atoms with Crippen LogP contribution < -0.4 is 43.7 Å². The Morgan fingerprint density at radius 1 is 0.375 bits per heavy atom. The summed E-state index contributed by atoms with van der Waals surface area (Å²) in [7, 11) is 55.2. The molecule has 0 N–H and O–H groups in total. The van der Waals surface area contributed by atoms with E-state index in [1.807, 2.05) is 48.5 Å². The maximum Gasteiger partial charge on any atom is 0.136 e. The molecule has 1 aliphatic rings. The quantitative estimate of drug-likeness (QED) is 0.204. The second kappa shape index (κ2) is 12.3. The van der Waals surface area contributed by atoms with Crippen LogP contribution in [0.4, 0.5) is 0 Å². The van der Waals surface area contributed by atoms with E-state index >= 15 is 0 Å². The molecule has 0 saturated heterocycles. The normalized spacial score (nSPS) is 13.2. The molecule has 0 spiro atoms. The summed E-state index contributed by atoms with van der Waals surface area (Å²) < 4.78 is 6.35. The number of fused-ring (bicyclic) bond motifs is 8. The molecule has 8 aromatic carbocycles. The smallest absolute Gasteiger partial charge is 0.136 e. The van der Waals surface area contributed by atoms with Crippen molar-refractivity contribution >= 4 is 150 Å². The van der Waals surface area contributed by atoms with E-state index in [1.54, 1.807) is 0 Å². The summed E-state index contributed by atoms with van der Waals surface area (Å²) >= 11 is 0. The van der Waals surface area contributed by atoms with E-state index < -0.39 is 0 Å². The zero-order valence-electron chi connectivity index (χ0n) is 30.9. The summed E-state index contributed by atoms with van der Waals surface area (Å²) in [5, 5.41) is 4.06. The van der Waals surface area contributed by atoms with Gasteiger partial charge in [-0.2, -0.15) is 0 Å². The summed E-state index contributed by atoms with van der Waals surface area (Å²) in [5.41, 5.74) is 12.7. The third kappa shape index (κ3) is 4.67. The minimum absolute atomic E-state index is 0.167. The average Bonchev–Trinajstić information content (AvgIpc) is 3.71. The Bertz CT molecular complexity index is 3120. The molecule has 0 saturated carbocycles. The topological polar surface area (TPSA) is 13.1 Å². The maximum atomic E-state index is 7.10. The predicted molar refractivity (Wildman–Crippen MR) is 246 cm³/mol. The highest BCUT2D eigenvalue weighted by Crippen LogP contribution is 2.52. The van der Waals surface area contributed by atoms with Crippen LogP contribution in [0.25, 0.3) is 88.0 Å². The van der Waals surface area contributed by atoms with E-state index in [9.17, 15) is 0 Å². The Hall–Kier alpha value is -5.40. The molecule has 16 radical (unpaired) electrons. The van der Waals surface area contributed by atoms with Gasteiger partial charge in [-0.3, -0.25) is 0 Å². The number of hydrogen-bond donors (Lipinski definition) is 0. The van der Waals surface area contributed by atoms with Gasteiger partial charge >= 0.3 is 0 Å². The van der Waals surface area contributed by atoms with E-state index in [-0.39, 0.29) is 49.1 Å². The van der Waals surface area contributed by atoms with Crippen LogP contribution in [0, 0.1) is 0 Å². The third-order valence-corrected chi connectivity index (χ3v) is 12.1. The highest BCUT2D eigenvalue weighted by molar-refractivity contribution is 6.71. The molecule has 0 aliphatic heterocycles. The highest BCUT2D eigenvalue weighted by Gasteiger charge is 2.36. The Kier molecular flexibility index (Phi) is 7.70. The Balaban J connectivity index is 1.36. The molecule has 0 atom stereocenters. The first-order valence-corrected chi connectivity index (χ1v) is 18.4. The lowest BCUT2D eigenvalue weighted by Crippen LogP contribution is -2.50. The Morgan fingerprint density at radius 3 is 1.45 bits per heavy atom. The van der Waals surface area contributed by atoms with Crippen LogP contribution in [0.3, 0.4) is 0 Å². The lowest BCUT2D eigenvalue weighted by Gasteiger charge is -2.29. The lowest BCUT2D eigenvalue weighted by molar-refractivity contribution is 0.661. The van der Waals surface area contributed by atoms with Gasteiger partial charge in [-0.1, -0.05) is 121 Å². The van der Waals surface area contributed by atoms with E-state index in [2.05, 4.69) is 74.5 Å². The summed E-state index contributed by atoms with van der Waals surface area (Å²) in [4.78, 5) is 0. The SMILES string of the molecule is [B]c1c([B])c([B])c2c(-c3cccc4oc5ccccc5c34)c3c([B])c([B])c([B])c([B])c3c(-c3ccc4c(c3)C(C)(C)c3cc(-c5ccccc5)ccc3-4)c2c1[B]. The van der Waals surface area contributed by atoms with Gasteiger partial charge in [0.2, 0.25) is 0 Å². The van der Waals surface area contributed by atoms with Crippen LogP contribution in [0.1, 0.15) is 25.0 Å². The molecule has 0 amide bonds. The van der Waals surface area contributed by atoms with Crippen LogP contribution in [0.5, 0.6) is 0 Å². The van der Waals surface area contributed by atoms with Crippen LogP contribution in [-0.2, 0) is 5.41 Å². The van der Waals surface area contributed by atoms with Crippen molar-refractivity contribution in [2.75, 3.05) is 0 Å². The highest BCUT2D eigenvalue weighted by atomic mass is 16.3. The molecular weight excluding hydrogens is 667 g/mol. The fraction of sp³-hybridized carbons (Fsp3) is 0.0638. The molecule has 0 fully saturated rings. The van der Waals surface area contributed by atoms with E-state index in [0.717, 1.165) is 49.7 Å². The number of rotatable bonds is 3. The van der Waals surface area contributed by atoms with E-state index in [1.165, 1.54) is 11.1 Å². The largest absolute Gasteiger partial charge is 0.456 e. The number of hydrogen-bond acceptors (Lipinski definition) is 1. The summed E-state index contributed by atoms with van der Waals surface area (Å²) in [5.74, 6) is 0. The third-order valence-electron chi connectivity index (χ3n) is 12.1. The molecule has 0 bridgehead atoms. The van der Waals surface area contributed by atoms with Crippen molar-refractivity contribution in [2.45, 2.75) is 19.3 Å². The minimum atomic E-state index is -0.364. The first-order valence-electron chi connectivity index (χ1n) is 18.4. The molecule has 1 aromatic heterocycles. The number of benzene rings is 8. The molecule has 242 valence electrons. The molecule has 1 heterocycles. The van der Waals surface area contributed by atoms with Gasteiger partial charge in [-0.05, 0) is 101 Å². The zero-order chi connectivity index (χ0) is 38.9. The van der Waals surface area contributed by atoms with Crippen molar-refractivity contribution < 1.29 is 4.42 Å². The Morgan fingerprint density at radius 2 is 0.857 bits per heavy atom. The van der Waals surface area contributed by atoms with Crippen molar-refractivity contribution in [1.29, 1.82) is 0 Å². The van der Waals surface area contributed by atoms with Crippen molar-refractivity contribution in [2.24, 2.45) is 0 Å².